The second kappa shape index (κ2) is 8.79. The van der Waals surface area contributed by atoms with Crippen LogP contribution in [0.5, 0.6) is 5.75 Å². The number of hydrogen-bond donors (Lipinski definition) is 2. The second-order valence-electron chi connectivity index (χ2n) is 9.96. The van der Waals surface area contributed by atoms with E-state index in [1.807, 2.05) is 31.2 Å². The van der Waals surface area contributed by atoms with E-state index in [1.54, 1.807) is 4.90 Å². The summed E-state index contributed by atoms with van der Waals surface area (Å²) in [7, 11) is 0. The molecule has 1 saturated heterocycles. The molecule has 1 spiro atoms. The monoisotopic (exact) mass is 537 g/mol. The molecule has 2 N–H and O–H groups in total. The predicted molar refractivity (Wildman–Crippen MR) is 130 cm³/mol. The average Bonchev–Trinajstić information content (AvgIpc) is 3.22. The number of hydrogen-bond acceptors (Lipinski definition) is 6. The van der Waals surface area contributed by atoms with Crippen LogP contribution in [0.1, 0.15) is 52.2 Å². The molecule has 3 aliphatic heterocycles. The Labute approximate surface area is 218 Å². The Kier molecular flexibility index (Phi) is 5.59. The molecular formula is C27H22F3N5O4. The molecule has 0 saturated carbocycles. The van der Waals surface area contributed by atoms with Crippen LogP contribution < -0.4 is 21.5 Å². The minimum atomic E-state index is -1.21. The lowest BCUT2D eigenvalue weighted by Crippen LogP contribution is -2.51. The fourth-order valence-corrected chi connectivity index (χ4v) is 5.59. The maximum Gasteiger partial charge on any atom is 0.274 e. The molecule has 3 aromatic rings. The normalized spacial score (nSPS) is 20.5. The zero-order valence-electron chi connectivity index (χ0n) is 20.6. The highest BCUT2D eigenvalue weighted by Gasteiger charge is 2.51. The van der Waals surface area contributed by atoms with E-state index < -0.39 is 69.8 Å². The lowest BCUT2D eigenvalue weighted by atomic mass is 9.94. The van der Waals surface area contributed by atoms with Crippen molar-refractivity contribution in [1.82, 2.24) is 14.8 Å². The predicted octanol–water partition coefficient (Wildman–Crippen LogP) is 1.73. The van der Waals surface area contributed by atoms with Crippen molar-refractivity contribution in [2.45, 2.75) is 44.1 Å². The van der Waals surface area contributed by atoms with Crippen molar-refractivity contribution in [2.24, 2.45) is 9.98 Å². The summed E-state index contributed by atoms with van der Waals surface area (Å²) in [6.07, 6.45) is 2.19. The Morgan fingerprint density at radius 1 is 1.13 bits per heavy atom. The van der Waals surface area contributed by atoms with Gasteiger partial charge >= 0.3 is 0 Å². The van der Waals surface area contributed by atoms with Crippen LogP contribution in [0.15, 0.2) is 57.4 Å². The van der Waals surface area contributed by atoms with Crippen LogP contribution >= 0.6 is 0 Å². The number of aromatic hydroxyl groups is 1. The van der Waals surface area contributed by atoms with E-state index in [0.29, 0.717) is 35.7 Å². The number of fused-ring (bicyclic) bond motifs is 6. The first-order valence-corrected chi connectivity index (χ1v) is 12.3. The zero-order valence-corrected chi connectivity index (χ0v) is 20.6. The summed E-state index contributed by atoms with van der Waals surface area (Å²) < 4.78 is 42.8. The first-order chi connectivity index (χ1) is 18.6. The number of pyridine rings is 1. The van der Waals surface area contributed by atoms with Gasteiger partial charge in [0.25, 0.3) is 11.8 Å². The molecule has 0 unspecified atom stereocenters. The Balaban J connectivity index is 1.45. The summed E-state index contributed by atoms with van der Waals surface area (Å²) >= 11 is 0. The van der Waals surface area contributed by atoms with E-state index in [1.165, 1.54) is 4.57 Å². The molecule has 4 heterocycles. The summed E-state index contributed by atoms with van der Waals surface area (Å²) in [6.45, 7) is 1.36. The van der Waals surface area contributed by atoms with E-state index in [2.05, 4.69) is 5.32 Å². The van der Waals surface area contributed by atoms with Crippen molar-refractivity contribution in [2.75, 3.05) is 6.54 Å². The SMILES string of the molecule is C[C@H]1CCC2(N=c3ccccc3=N2)[C@H]2CN1C(=O)c1c(O)c(=O)c(C(=O)NCc3c(F)cc(F)cc3F)cn12. The largest absolute Gasteiger partial charge is 0.503 e. The number of nitrogens with one attached hydrogen (secondary N) is 1. The van der Waals surface area contributed by atoms with Gasteiger partial charge in [-0.25, -0.2) is 13.2 Å². The molecule has 12 heteroatoms. The maximum atomic E-state index is 14.1. The topological polar surface area (TPSA) is 116 Å². The number of para-hydroxylation sites is 2. The summed E-state index contributed by atoms with van der Waals surface area (Å²) in [5.74, 6) is -6.05. The fraction of sp³-hybridized carbons (Fsp3) is 0.296. The Morgan fingerprint density at radius 3 is 2.41 bits per heavy atom. The van der Waals surface area contributed by atoms with Gasteiger partial charge in [0.15, 0.2) is 17.1 Å². The molecule has 0 aliphatic carbocycles. The third-order valence-electron chi connectivity index (χ3n) is 7.66. The van der Waals surface area contributed by atoms with Gasteiger partial charge in [-0.3, -0.25) is 24.4 Å². The van der Waals surface area contributed by atoms with Crippen LogP contribution in [0.2, 0.25) is 0 Å². The van der Waals surface area contributed by atoms with Crippen molar-refractivity contribution >= 4 is 11.8 Å². The first kappa shape index (κ1) is 24.8. The van der Waals surface area contributed by atoms with Crippen molar-refractivity contribution in [3.8, 4) is 5.75 Å². The minimum Gasteiger partial charge on any atom is -0.503 e. The van der Waals surface area contributed by atoms with Gasteiger partial charge < -0.3 is 19.9 Å². The van der Waals surface area contributed by atoms with Crippen LogP contribution in [0.3, 0.4) is 0 Å². The van der Waals surface area contributed by atoms with Crippen molar-refractivity contribution < 1.29 is 27.9 Å². The number of nitrogens with zero attached hydrogens (tertiary/aromatic N) is 4. The lowest BCUT2D eigenvalue weighted by molar-refractivity contribution is 0.0580. The molecule has 2 atom stereocenters. The van der Waals surface area contributed by atoms with Gasteiger partial charge in [0.05, 0.1) is 16.8 Å². The Morgan fingerprint density at radius 2 is 1.77 bits per heavy atom. The highest BCUT2D eigenvalue weighted by Crippen LogP contribution is 2.43. The maximum absolute atomic E-state index is 14.1. The molecule has 2 aromatic carbocycles. The number of aromatic nitrogens is 1. The lowest BCUT2D eigenvalue weighted by Gasteiger charge is -2.40. The van der Waals surface area contributed by atoms with Gasteiger partial charge in [-0.2, -0.15) is 0 Å². The summed E-state index contributed by atoms with van der Waals surface area (Å²) in [6, 6.07) is 7.38. The third kappa shape index (κ3) is 3.81. The standard InChI is InChI=1S/C27H22F3N5O4/c1-13-6-7-27(32-19-4-2-3-5-20(19)33-27)21-12-34(13)26(39)22-24(37)23(36)16(11-35(21)22)25(38)31-10-15-17(29)8-14(28)9-18(15)30/h2-5,8-9,11,13,21,37H,6-7,10,12H2,1H3,(H,31,38)/t13-,21+/m0/s1. The zero-order chi connectivity index (χ0) is 27.6. The molecule has 9 nitrogen and oxygen atoms in total. The summed E-state index contributed by atoms with van der Waals surface area (Å²) in [4.78, 5) is 50.9. The summed E-state index contributed by atoms with van der Waals surface area (Å²) in [5, 5.41) is 14.5. The second-order valence-corrected chi connectivity index (χ2v) is 9.96. The number of carbonyl (C=O) groups excluding carboxylic acids is 2. The highest BCUT2D eigenvalue weighted by molar-refractivity contribution is 5.99. The Hall–Kier alpha value is -4.48. The van der Waals surface area contributed by atoms with Gasteiger partial charge in [0, 0.05) is 43.0 Å². The molecule has 2 amide bonds. The van der Waals surface area contributed by atoms with Crippen molar-refractivity contribution in [1.29, 1.82) is 0 Å². The van der Waals surface area contributed by atoms with E-state index >= 15 is 0 Å². The van der Waals surface area contributed by atoms with E-state index in [9.17, 15) is 32.7 Å². The van der Waals surface area contributed by atoms with Crippen molar-refractivity contribution in [3.63, 3.8) is 0 Å². The number of halogens is 3. The molecular weight excluding hydrogens is 515 g/mol. The molecule has 6 rings (SSSR count). The third-order valence-corrected chi connectivity index (χ3v) is 7.66. The molecule has 1 fully saturated rings. The molecule has 1 aromatic heterocycles. The van der Waals surface area contributed by atoms with Crippen LogP contribution in [0.25, 0.3) is 0 Å². The number of amides is 2. The van der Waals surface area contributed by atoms with Crippen LogP contribution in [-0.4, -0.2) is 44.6 Å². The van der Waals surface area contributed by atoms with E-state index in [-0.39, 0.29) is 18.3 Å². The van der Waals surface area contributed by atoms with Gasteiger partial charge in [-0.05, 0) is 31.9 Å². The van der Waals surface area contributed by atoms with Gasteiger partial charge in [0.1, 0.15) is 23.0 Å². The van der Waals surface area contributed by atoms with Crippen LogP contribution in [0.4, 0.5) is 13.2 Å². The van der Waals surface area contributed by atoms with Gasteiger partial charge in [0.2, 0.25) is 5.43 Å². The number of benzene rings is 2. The quantitative estimate of drug-likeness (QED) is 0.530. The molecule has 200 valence electrons. The van der Waals surface area contributed by atoms with Crippen LogP contribution in [-0.2, 0) is 6.54 Å². The van der Waals surface area contributed by atoms with Crippen LogP contribution in [0, 0.1) is 17.5 Å². The smallest absolute Gasteiger partial charge is 0.274 e. The molecule has 3 aliphatic rings. The van der Waals surface area contributed by atoms with Gasteiger partial charge in [-0.1, -0.05) is 12.1 Å². The summed E-state index contributed by atoms with van der Waals surface area (Å²) in [5.41, 5.74) is -3.59. The average molecular weight is 537 g/mol. The number of carbonyl (C=O) groups is 2. The van der Waals surface area contributed by atoms with E-state index in [4.69, 9.17) is 9.98 Å². The number of rotatable bonds is 3. The Bertz CT molecular complexity index is 1700. The van der Waals surface area contributed by atoms with Gasteiger partial charge in [-0.15, -0.1) is 0 Å². The molecule has 0 radical (unpaired) electrons. The van der Waals surface area contributed by atoms with Crippen molar-refractivity contribution in [3.05, 3.63) is 97.8 Å². The molecule has 39 heavy (non-hydrogen) atoms. The first-order valence-electron chi connectivity index (χ1n) is 12.3. The fourth-order valence-electron chi connectivity index (χ4n) is 5.59. The van der Waals surface area contributed by atoms with E-state index in [0.717, 1.165) is 6.20 Å². The minimum absolute atomic E-state index is 0.170. The molecule has 2 bridgehead atoms. The highest BCUT2D eigenvalue weighted by atomic mass is 19.1.